The Bertz CT molecular complexity index is 1020. The van der Waals surface area contributed by atoms with E-state index in [4.69, 9.17) is 0 Å². The van der Waals surface area contributed by atoms with Crippen LogP contribution in [0.15, 0.2) is 30.5 Å². The first-order valence-electron chi connectivity index (χ1n) is 9.64. The summed E-state index contributed by atoms with van der Waals surface area (Å²) in [5.74, 6) is -1.49. The molecule has 0 radical (unpaired) electrons. The smallest absolute Gasteiger partial charge is 0.325 e. The van der Waals surface area contributed by atoms with Gasteiger partial charge in [0.2, 0.25) is 0 Å². The van der Waals surface area contributed by atoms with Crippen molar-refractivity contribution in [3.8, 4) is 0 Å². The molecule has 1 aliphatic carbocycles. The number of benzene rings is 1. The van der Waals surface area contributed by atoms with E-state index in [0.717, 1.165) is 28.6 Å². The van der Waals surface area contributed by atoms with Crippen LogP contribution >= 0.6 is 0 Å². The average Bonchev–Trinajstić information content (AvgIpc) is 3.37. The second kappa shape index (κ2) is 6.91. The lowest BCUT2D eigenvalue weighted by Gasteiger charge is -2.23. The molecule has 1 aliphatic heterocycles. The van der Waals surface area contributed by atoms with Gasteiger partial charge in [0.05, 0.1) is 5.56 Å². The van der Waals surface area contributed by atoms with Gasteiger partial charge in [0.25, 0.3) is 17.7 Å². The minimum atomic E-state index is -1.05. The third kappa shape index (κ3) is 3.02. The van der Waals surface area contributed by atoms with Crippen LogP contribution in [0.3, 0.4) is 0 Å². The number of para-hydroxylation sites is 1. The number of urea groups is 1. The predicted octanol–water partition coefficient (Wildman–Crippen LogP) is 1.19. The van der Waals surface area contributed by atoms with Gasteiger partial charge < -0.3 is 9.88 Å². The summed E-state index contributed by atoms with van der Waals surface area (Å²) in [6.45, 7) is 1.46. The van der Waals surface area contributed by atoms with E-state index in [1.54, 1.807) is 6.20 Å². The number of amides is 5. The van der Waals surface area contributed by atoms with E-state index in [-0.39, 0.29) is 5.91 Å². The van der Waals surface area contributed by atoms with Gasteiger partial charge in [-0.25, -0.2) is 9.69 Å². The number of hydrogen-bond acceptors (Lipinski definition) is 4. The molecule has 1 aromatic carbocycles. The molecule has 29 heavy (non-hydrogen) atoms. The third-order valence-corrected chi connectivity index (χ3v) is 5.86. The van der Waals surface area contributed by atoms with Gasteiger partial charge in [-0.15, -0.1) is 0 Å². The van der Waals surface area contributed by atoms with Crippen LogP contribution in [0.1, 0.15) is 43.0 Å². The molecule has 1 saturated carbocycles. The molecule has 1 saturated heterocycles. The van der Waals surface area contributed by atoms with E-state index in [2.05, 4.69) is 16.2 Å². The topological polar surface area (TPSA) is 113 Å². The second-order valence-corrected chi connectivity index (χ2v) is 7.68. The number of nitrogens with zero attached hydrogens (tertiary/aromatic N) is 2. The SMILES string of the molecule is CC(C(=O)NNC(=O)c1cn(C)c2ccccc12)N1C(=O)NC2(CCCC2)C1=O. The quantitative estimate of drug-likeness (QED) is 0.533. The Labute approximate surface area is 167 Å². The molecule has 152 valence electrons. The zero-order valence-corrected chi connectivity index (χ0v) is 16.3. The maximum Gasteiger partial charge on any atom is 0.325 e. The first kappa shape index (κ1) is 19.0. The van der Waals surface area contributed by atoms with E-state index >= 15 is 0 Å². The molecule has 1 spiro atoms. The molecule has 1 aromatic heterocycles. The van der Waals surface area contributed by atoms with Crippen LogP contribution in [0.5, 0.6) is 0 Å². The first-order chi connectivity index (χ1) is 13.8. The molecule has 3 N–H and O–H groups in total. The van der Waals surface area contributed by atoms with Crippen LogP contribution in [0.25, 0.3) is 10.9 Å². The Balaban J connectivity index is 1.43. The Hall–Kier alpha value is -3.36. The lowest BCUT2D eigenvalue weighted by atomic mass is 9.97. The van der Waals surface area contributed by atoms with Crippen molar-refractivity contribution in [1.82, 2.24) is 25.6 Å². The Morgan fingerprint density at radius 1 is 1.14 bits per heavy atom. The number of carbonyl (C=O) groups is 4. The Kier molecular flexibility index (Phi) is 4.52. The fourth-order valence-corrected chi connectivity index (χ4v) is 4.24. The van der Waals surface area contributed by atoms with Gasteiger partial charge in [0.1, 0.15) is 11.6 Å². The van der Waals surface area contributed by atoms with Gasteiger partial charge in [-0.1, -0.05) is 31.0 Å². The molecule has 2 aromatic rings. The number of nitrogens with one attached hydrogen (secondary N) is 3. The minimum Gasteiger partial charge on any atom is -0.350 e. The summed E-state index contributed by atoms with van der Waals surface area (Å²) in [4.78, 5) is 51.1. The molecule has 4 rings (SSSR count). The molecule has 1 unspecified atom stereocenters. The van der Waals surface area contributed by atoms with Gasteiger partial charge in [-0.05, 0) is 25.8 Å². The van der Waals surface area contributed by atoms with Gasteiger partial charge >= 0.3 is 6.03 Å². The zero-order valence-electron chi connectivity index (χ0n) is 16.3. The molecule has 0 bridgehead atoms. The van der Waals surface area contributed by atoms with Crippen LogP contribution in [0.2, 0.25) is 0 Å². The lowest BCUT2D eigenvalue weighted by Crippen LogP contribution is -2.53. The van der Waals surface area contributed by atoms with Crippen molar-refractivity contribution >= 4 is 34.7 Å². The summed E-state index contributed by atoms with van der Waals surface area (Å²) in [5.41, 5.74) is 5.13. The van der Waals surface area contributed by atoms with Crippen molar-refractivity contribution in [3.63, 3.8) is 0 Å². The highest BCUT2D eigenvalue weighted by Crippen LogP contribution is 2.35. The number of rotatable bonds is 3. The average molecular weight is 397 g/mol. The molecule has 2 fully saturated rings. The Morgan fingerprint density at radius 2 is 1.83 bits per heavy atom. The van der Waals surface area contributed by atoms with E-state index in [1.165, 1.54) is 6.92 Å². The standard InChI is InChI=1S/C20H23N5O4/c1-12(25-18(28)20(21-19(25)29)9-5-6-10-20)16(26)22-23-17(27)14-11-24(2)15-8-4-3-7-13(14)15/h3-4,7-8,11-12H,5-6,9-10H2,1-2H3,(H,21,29)(H,22,26)(H,23,27). The number of hydrogen-bond donors (Lipinski definition) is 3. The molecule has 9 heteroatoms. The monoisotopic (exact) mass is 397 g/mol. The van der Waals surface area contributed by atoms with Crippen molar-refractivity contribution in [2.75, 3.05) is 0 Å². The van der Waals surface area contributed by atoms with Crippen LogP contribution in [-0.2, 0) is 16.6 Å². The summed E-state index contributed by atoms with van der Waals surface area (Å²) in [5, 5.41) is 3.50. The summed E-state index contributed by atoms with van der Waals surface area (Å²) in [6.07, 6.45) is 4.57. The van der Waals surface area contributed by atoms with Crippen LogP contribution in [-0.4, -0.2) is 44.8 Å². The molecule has 1 atom stereocenters. The van der Waals surface area contributed by atoms with Crippen molar-refractivity contribution in [3.05, 3.63) is 36.0 Å². The van der Waals surface area contributed by atoms with Crippen molar-refractivity contribution in [2.24, 2.45) is 7.05 Å². The first-order valence-corrected chi connectivity index (χ1v) is 9.64. The van der Waals surface area contributed by atoms with Crippen molar-refractivity contribution < 1.29 is 19.2 Å². The molecular weight excluding hydrogens is 374 g/mol. The molecular formula is C20H23N5O4. The van der Waals surface area contributed by atoms with Gasteiger partial charge in [0.15, 0.2) is 0 Å². The molecule has 2 heterocycles. The van der Waals surface area contributed by atoms with E-state index in [0.29, 0.717) is 18.4 Å². The van der Waals surface area contributed by atoms with Gasteiger partial charge in [0, 0.05) is 24.1 Å². The number of aryl methyl sites for hydroxylation is 1. The van der Waals surface area contributed by atoms with E-state index < -0.39 is 29.4 Å². The third-order valence-electron chi connectivity index (χ3n) is 5.86. The van der Waals surface area contributed by atoms with E-state index in [9.17, 15) is 19.2 Å². The summed E-state index contributed by atoms with van der Waals surface area (Å²) >= 11 is 0. The van der Waals surface area contributed by atoms with Crippen LogP contribution < -0.4 is 16.2 Å². The van der Waals surface area contributed by atoms with Crippen molar-refractivity contribution in [1.29, 1.82) is 0 Å². The second-order valence-electron chi connectivity index (χ2n) is 7.68. The predicted molar refractivity (Wildman–Crippen MR) is 105 cm³/mol. The fraction of sp³-hybridized carbons (Fsp3) is 0.400. The highest BCUT2D eigenvalue weighted by atomic mass is 16.2. The number of aromatic nitrogens is 1. The number of carbonyl (C=O) groups excluding carboxylic acids is 4. The lowest BCUT2D eigenvalue weighted by molar-refractivity contribution is -0.138. The maximum atomic E-state index is 12.8. The normalized spacial score (nSPS) is 18.9. The fourth-order valence-electron chi connectivity index (χ4n) is 4.24. The summed E-state index contributed by atoms with van der Waals surface area (Å²) in [6, 6.07) is 5.81. The largest absolute Gasteiger partial charge is 0.350 e. The highest BCUT2D eigenvalue weighted by Gasteiger charge is 2.54. The summed E-state index contributed by atoms with van der Waals surface area (Å²) < 4.78 is 1.82. The summed E-state index contributed by atoms with van der Waals surface area (Å²) in [7, 11) is 1.83. The van der Waals surface area contributed by atoms with Gasteiger partial charge in [-0.3, -0.25) is 25.2 Å². The minimum absolute atomic E-state index is 0.372. The van der Waals surface area contributed by atoms with E-state index in [1.807, 2.05) is 35.9 Å². The van der Waals surface area contributed by atoms with Gasteiger partial charge in [-0.2, -0.15) is 0 Å². The maximum absolute atomic E-state index is 12.8. The Morgan fingerprint density at radius 3 is 2.55 bits per heavy atom. The zero-order chi connectivity index (χ0) is 20.8. The van der Waals surface area contributed by atoms with Crippen LogP contribution in [0, 0.1) is 0 Å². The van der Waals surface area contributed by atoms with Crippen molar-refractivity contribution in [2.45, 2.75) is 44.2 Å². The molecule has 2 aliphatic rings. The number of fused-ring (bicyclic) bond motifs is 1. The number of imide groups is 1. The van der Waals surface area contributed by atoms with Crippen LogP contribution in [0.4, 0.5) is 4.79 Å². The number of hydrazine groups is 1. The molecule has 5 amide bonds. The molecule has 9 nitrogen and oxygen atoms in total. The highest BCUT2D eigenvalue weighted by molar-refractivity contribution is 6.10.